The maximum atomic E-state index is 11.8. The molecule has 0 bridgehead atoms. The molecule has 4 heteroatoms. The molecule has 1 aromatic carbocycles. The molecule has 0 aliphatic rings. The minimum absolute atomic E-state index is 0.0400. The highest BCUT2D eigenvalue weighted by atomic mass is 16.5. The fourth-order valence-corrected chi connectivity index (χ4v) is 2.01. The summed E-state index contributed by atoms with van der Waals surface area (Å²) in [6, 6.07) is 5.49. The molecule has 0 saturated carbocycles. The molecule has 1 atom stereocenters. The average molecular weight is 278 g/mol. The van der Waals surface area contributed by atoms with Crippen molar-refractivity contribution in [3.63, 3.8) is 0 Å². The summed E-state index contributed by atoms with van der Waals surface area (Å²) < 4.78 is 5.52. The zero-order valence-corrected chi connectivity index (χ0v) is 12.7. The van der Waals surface area contributed by atoms with Crippen LogP contribution < -0.4 is 11.1 Å². The van der Waals surface area contributed by atoms with Gasteiger partial charge in [0.1, 0.15) is 0 Å². The van der Waals surface area contributed by atoms with Gasteiger partial charge in [0.2, 0.25) is 5.91 Å². The van der Waals surface area contributed by atoms with Gasteiger partial charge in [-0.25, -0.2) is 0 Å². The van der Waals surface area contributed by atoms with E-state index >= 15 is 0 Å². The summed E-state index contributed by atoms with van der Waals surface area (Å²) in [5.41, 5.74) is 8.14. The van der Waals surface area contributed by atoms with Crippen molar-refractivity contribution in [1.29, 1.82) is 0 Å². The monoisotopic (exact) mass is 278 g/mol. The number of nitrogens with one attached hydrogen (secondary N) is 1. The van der Waals surface area contributed by atoms with Crippen LogP contribution in [0.5, 0.6) is 0 Å². The Hall–Kier alpha value is -1.55. The lowest BCUT2D eigenvalue weighted by Crippen LogP contribution is -2.16. The van der Waals surface area contributed by atoms with Gasteiger partial charge in [-0.2, -0.15) is 0 Å². The second kappa shape index (κ2) is 8.59. The van der Waals surface area contributed by atoms with E-state index in [1.807, 2.05) is 19.1 Å². The molecule has 112 valence electrons. The first-order valence-corrected chi connectivity index (χ1v) is 7.26. The quantitative estimate of drug-likeness (QED) is 0.566. The SMILES string of the molecule is CCCC(C)COCCC(=O)Nc1cc(N)ccc1C. The average Bonchev–Trinajstić information content (AvgIpc) is 2.39. The summed E-state index contributed by atoms with van der Waals surface area (Å²) in [4.78, 5) is 11.8. The predicted octanol–water partition coefficient (Wildman–Crippen LogP) is 3.36. The predicted molar refractivity (Wildman–Crippen MR) is 83.7 cm³/mol. The number of amides is 1. The zero-order chi connectivity index (χ0) is 15.0. The van der Waals surface area contributed by atoms with Crippen LogP contribution in [0.15, 0.2) is 18.2 Å². The van der Waals surface area contributed by atoms with Gasteiger partial charge in [0, 0.05) is 18.0 Å². The summed E-state index contributed by atoms with van der Waals surface area (Å²) in [7, 11) is 0. The maximum absolute atomic E-state index is 11.8. The Morgan fingerprint density at radius 1 is 1.45 bits per heavy atom. The summed E-state index contributed by atoms with van der Waals surface area (Å²) >= 11 is 0. The van der Waals surface area contributed by atoms with E-state index in [2.05, 4.69) is 19.2 Å². The van der Waals surface area contributed by atoms with E-state index in [4.69, 9.17) is 10.5 Å². The number of benzene rings is 1. The van der Waals surface area contributed by atoms with E-state index in [1.165, 1.54) is 6.42 Å². The van der Waals surface area contributed by atoms with Gasteiger partial charge in [0.25, 0.3) is 0 Å². The molecule has 0 fully saturated rings. The van der Waals surface area contributed by atoms with Gasteiger partial charge in [-0.15, -0.1) is 0 Å². The van der Waals surface area contributed by atoms with E-state index in [-0.39, 0.29) is 5.91 Å². The number of rotatable bonds is 8. The highest BCUT2D eigenvalue weighted by Crippen LogP contribution is 2.18. The van der Waals surface area contributed by atoms with Crippen LogP contribution >= 0.6 is 0 Å². The Balaban J connectivity index is 2.28. The van der Waals surface area contributed by atoms with Crippen molar-refractivity contribution in [1.82, 2.24) is 0 Å². The third kappa shape index (κ3) is 6.06. The van der Waals surface area contributed by atoms with Crippen LogP contribution in [0.4, 0.5) is 11.4 Å². The van der Waals surface area contributed by atoms with Crippen molar-refractivity contribution in [2.45, 2.75) is 40.0 Å². The third-order valence-electron chi connectivity index (χ3n) is 3.19. The Morgan fingerprint density at radius 2 is 2.20 bits per heavy atom. The topological polar surface area (TPSA) is 64.3 Å². The van der Waals surface area contributed by atoms with Gasteiger partial charge in [0.15, 0.2) is 0 Å². The van der Waals surface area contributed by atoms with E-state index < -0.39 is 0 Å². The molecule has 1 rings (SSSR count). The Bertz CT molecular complexity index is 432. The molecule has 0 radical (unpaired) electrons. The van der Waals surface area contributed by atoms with Crippen molar-refractivity contribution in [3.8, 4) is 0 Å². The Labute approximate surface area is 121 Å². The number of hydrogen-bond donors (Lipinski definition) is 2. The van der Waals surface area contributed by atoms with Crippen molar-refractivity contribution >= 4 is 17.3 Å². The molecule has 0 spiro atoms. The lowest BCUT2D eigenvalue weighted by molar-refractivity contribution is -0.117. The van der Waals surface area contributed by atoms with Gasteiger partial charge in [0.05, 0.1) is 13.0 Å². The van der Waals surface area contributed by atoms with Crippen molar-refractivity contribution in [2.75, 3.05) is 24.3 Å². The lowest BCUT2D eigenvalue weighted by Gasteiger charge is -2.11. The van der Waals surface area contributed by atoms with Crippen LogP contribution in [0.1, 0.15) is 38.7 Å². The van der Waals surface area contributed by atoms with Gasteiger partial charge < -0.3 is 15.8 Å². The molecule has 0 heterocycles. The number of carbonyl (C=O) groups excluding carboxylic acids is 1. The first kappa shape index (κ1) is 16.5. The zero-order valence-electron chi connectivity index (χ0n) is 12.7. The smallest absolute Gasteiger partial charge is 0.226 e. The molecule has 0 aromatic heterocycles. The summed E-state index contributed by atoms with van der Waals surface area (Å²) in [6.45, 7) is 7.45. The van der Waals surface area contributed by atoms with Crippen LogP contribution in [0.2, 0.25) is 0 Å². The van der Waals surface area contributed by atoms with Crippen LogP contribution in [0.25, 0.3) is 0 Å². The van der Waals surface area contributed by atoms with E-state index in [0.717, 1.165) is 24.3 Å². The molecule has 0 saturated heterocycles. The van der Waals surface area contributed by atoms with Crippen LogP contribution in [-0.2, 0) is 9.53 Å². The second-order valence-corrected chi connectivity index (χ2v) is 5.34. The van der Waals surface area contributed by atoms with E-state index in [0.29, 0.717) is 24.6 Å². The van der Waals surface area contributed by atoms with Gasteiger partial charge in [-0.05, 0) is 37.0 Å². The number of aryl methyl sites for hydroxylation is 1. The highest BCUT2D eigenvalue weighted by Gasteiger charge is 2.06. The number of anilines is 2. The fraction of sp³-hybridized carbons (Fsp3) is 0.562. The lowest BCUT2D eigenvalue weighted by atomic mass is 10.1. The number of ether oxygens (including phenoxy) is 1. The molecular weight excluding hydrogens is 252 g/mol. The standard InChI is InChI=1S/C16H26N2O2/c1-4-5-12(2)11-20-9-8-16(19)18-15-10-14(17)7-6-13(15)3/h6-7,10,12H,4-5,8-9,11,17H2,1-3H3,(H,18,19). The van der Waals surface area contributed by atoms with Crippen LogP contribution in [-0.4, -0.2) is 19.1 Å². The van der Waals surface area contributed by atoms with Gasteiger partial charge >= 0.3 is 0 Å². The number of nitrogen functional groups attached to an aromatic ring is 1. The minimum Gasteiger partial charge on any atom is -0.399 e. The molecule has 0 aliphatic carbocycles. The number of carbonyl (C=O) groups is 1. The minimum atomic E-state index is -0.0400. The molecule has 1 unspecified atom stereocenters. The molecule has 1 aromatic rings. The van der Waals surface area contributed by atoms with Crippen LogP contribution in [0.3, 0.4) is 0 Å². The molecule has 1 amide bonds. The fourth-order valence-electron chi connectivity index (χ4n) is 2.01. The van der Waals surface area contributed by atoms with Gasteiger partial charge in [-0.1, -0.05) is 26.3 Å². The first-order valence-electron chi connectivity index (χ1n) is 7.26. The van der Waals surface area contributed by atoms with E-state index in [1.54, 1.807) is 6.07 Å². The van der Waals surface area contributed by atoms with Crippen LogP contribution in [0, 0.1) is 12.8 Å². The molecule has 3 N–H and O–H groups in total. The third-order valence-corrected chi connectivity index (χ3v) is 3.19. The largest absolute Gasteiger partial charge is 0.399 e. The molecule has 20 heavy (non-hydrogen) atoms. The van der Waals surface area contributed by atoms with Crippen molar-refractivity contribution < 1.29 is 9.53 Å². The van der Waals surface area contributed by atoms with Gasteiger partial charge in [-0.3, -0.25) is 4.79 Å². The Morgan fingerprint density at radius 3 is 2.90 bits per heavy atom. The highest BCUT2D eigenvalue weighted by molar-refractivity contribution is 5.92. The van der Waals surface area contributed by atoms with Crippen molar-refractivity contribution in [3.05, 3.63) is 23.8 Å². The summed E-state index contributed by atoms with van der Waals surface area (Å²) in [6.07, 6.45) is 2.70. The summed E-state index contributed by atoms with van der Waals surface area (Å²) in [5.74, 6) is 0.515. The Kier molecular flexibility index (Phi) is 7.09. The number of hydrogen-bond acceptors (Lipinski definition) is 3. The maximum Gasteiger partial charge on any atom is 0.226 e. The first-order chi connectivity index (χ1) is 9.52. The second-order valence-electron chi connectivity index (χ2n) is 5.34. The molecule has 4 nitrogen and oxygen atoms in total. The van der Waals surface area contributed by atoms with Crippen molar-refractivity contribution in [2.24, 2.45) is 5.92 Å². The summed E-state index contributed by atoms with van der Waals surface area (Å²) in [5, 5.41) is 2.87. The number of nitrogens with two attached hydrogens (primary N) is 1. The molecular formula is C16H26N2O2. The molecule has 0 aliphatic heterocycles. The van der Waals surface area contributed by atoms with E-state index in [9.17, 15) is 4.79 Å². The normalized spacial score (nSPS) is 12.2.